The van der Waals surface area contributed by atoms with Crippen LogP contribution in [0.2, 0.25) is 0 Å². The van der Waals surface area contributed by atoms with Gasteiger partial charge in [0, 0.05) is 50.9 Å². The van der Waals surface area contributed by atoms with Crippen LogP contribution in [0, 0.1) is 5.92 Å². The number of fused-ring (bicyclic) bond motifs is 1. The van der Waals surface area contributed by atoms with Gasteiger partial charge in [-0.1, -0.05) is 18.2 Å². The molecule has 30 heavy (non-hydrogen) atoms. The molecule has 2 amide bonds. The molecule has 7 heteroatoms. The molecular weight excluding hydrogens is 380 g/mol. The molecule has 1 aromatic carbocycles. The van der Waals surface area contributed by atoms with Crippen molar-refractivity contribution in [2.45, 2.75) is 31.7 Å². The van der Waals surface area contributed by atoms with Gasteiger partial charge < -0.3 is 14.2 Å². The number of likely N-dealkylation sites (tertiary alicyclic amines) is 2. The number of hydrogen-bond donors (Lipinski definition) is 0. The number of para-hydroxylation sites is 2. The first-order valence-electron chi connectivity index (χ1n) is 10.5. The molecule has 2 aliphatic heterocycles. The Labute approximate surface area is 174 Å². The van der Waals surface area contributed by atoms with E-state index in [1.807, 2.05) is 41.3 Å². The molecular formula is C23H24N4O3. The van der Waals surface area contributed by atoms with E-state index >= 15 is 0 Å². The number of oxazole rings is 1. The van der Waals surface area contributed by atoms with Crippen LogP contribution in [0.15, 0.2) is 53.2 Å². The zero-order chi connectivity index (χ0) is 20.5. The van der Waals surface area contributed by atoms with Gasteiger partial charge in [0.1, 0.15) is 5.52 Å². The molecule has 2 saturated heterocycles. The summed E-state index contributed by atoms with van der Waals surface area (Å²) in [4.78, 5) is 37.8. The molecule has 0 N–H and O–H groups in total. The zero-order valence-electron chi connectivity index (χ0n) is 16.7. The molecule has 0 bridgehead atoms. The van der Waals surface area contributed by atoms with E-state index < -0.39 is 0 Å². The van der Waals surface area contributed by atoms with Gasteiger partial charge in [-0.2, -0.15) is 0 Å². The van der Waals surface area contributed by atoms with Crippen molar-refractivity contribution in [3.8, 4) is 0 Å². The molecule has 1 atom stereocenters. The molecule has 5 rings (SSSR count). The molecule has 2 aromatic heterocycles. The first-order chi connectivity index (χ1) is 14.7. The van der Waals surface area contributed by atoms with E-state index in [0.717, 1.165) is 35.4 Å². The van der Waals surface area contributed by atoms with Crippen LogP contribution < -0.4 is 0 Å². The Morgan fingerprint density at radius 3 is 2.73 bits per heavy atom. The van der Waals surface area contributed by atoms with Gasteiger partial charge in [-0.15, -0.1) is 0 Å². The molecule has 2 fully saturated rings. The third-order valence-electron chi connectivity index (χ3n) is 6.13. The number of benzene rings is 1. The van der Waals surface area contributed by atoms with E-state index in [9.17, 15) is 9.59 Å². The molecule has 154 valence electrons. The van der Waals surface area contributed by atoms with Crippen LogP contribution in [0.5, 0.6) is 0 Å². The number of piperidine rings is 1. The van der Waals surface area contributed by atoms with Gasteiger partial charge in [0.2, 0.25) is 11.8 Å². The third kappa shape index (κ3) is 3.67. The van der Waals surface area contributed by atoms with E-state index in [2.05, 4.69) is 9.97 Å². The van der Waals surface area contributed by atoms with Crippen molar-refractivity contribution in [2.75, 3.05) is 19.6 Å². The van der Waals surface area contributed by atoms with Crippen molar-refractivity contribution in [1.29, 1.82) is 0 Å². The van der Waals surface area contributed by atoms with Crippen molar-refractivity contribution in [3.63, 3.8) is 0 Å². The summed E-state index contributed by atoms with van der Waals surface area (Å²) >= 11 is 0. The smallest absolute Gasteiger partial charge is 0.227 e. The second-order valence-corrected chi connectivity index (χ2v) is 8.16. The minimum Gasteiger partial charge on any atom is -0.440 e. The lowest BCUT2D eigenvalue weighted by atomic mass is 9.95. The predicted molar refractivity (Wildman–Crippen MR) is 110 cm³/mol. The van der Waals surface area contributed by atoms with Crippen LogP contribution >= 0.6 is 0 Å². The fourth-order valence-electron chi connectivity index (χ4n) is 4.47. The number of aromatic nitrogens is 2. The van der Waals surface area contributed by atoms with Gasteiger partial charge in [-0.25, -0.2) is 4.98 Å². The van der Waals surface area contributed by atoms with Crippen LogP contribution in [0.4, 0.5) is 0 Å². The normalized spacial score (nSPS) is 20.3. The van der Waals surface area contributed by atoms with E-state index in [0.29, 0.717) is 32.6 Å². The predicted octanol–water partition coefficient (Wildman–Crippen LogP) is 2.98. The Bertz CT molecular complexity index is 1020. The van der Waals surface area contributed by atoms with E-state index in [1.165, 1.54) is 0 Å². The highest BCUT2D eigenvalue weighted by atomic mass is 16.3. The number of pyridine rings is 1. The van der Waals surface area contributed by atoms with Crippen LogP contribution in [0.3, 0.4) is 0 Å². The third-order valence-corrected chi connectivity index (χ3v) is 6.13. The molecule has 4 heterocycles. The van der Waals surface area contributed by atoms with Gasteiger partial charge in [0.25, 0.3) is 0 Å². The fraction of sp³-hybridized carbons (Fsp3) is 0.391. The maximum absolute atomic E-state index is 13.0. The van der Waals surface area contributed by atoms with Gasteiger partial charge in [0.15, 0.2) is 11.5 Å². The average Bonchev–Trinajstić information content (AvgIpc) is 3.38. The molecule has 2 aliphatic rings. The highest BCUT2D eigenvalue weighted by molar-refractivity contribution is 5.89. The number of rotatable bonds is 4. The Kier molecular flexibility index (Phi) is 4.94. The Hall–Kier alpha value is -3.22. The largest absolute Gasteiger partial charge is 0.440 e. The van der Waals surface area contributed by atoms with Crippen LogP contribution in [0.25, 0.3) is 11.1 Å². The lowest BCUT2D eigenvalue weighted by Gasteiger charge is -2.32. The molecule has 1 unspecified atom stereocenters. The minimum absolute atomic E-state index is 0.0403. The second kappa shape index (κ2) is 7.89. The molecule has 0 aliphatic carbocycles. The Balaban J connectivity index is 1.18. The van der Waals surface area contributed by atoms with E-state index in [-0.39, 0.29) is 23.7 Å². The van der Waals surface area contributed by atoms with Crippen molar-refractivity contribution in [3.05, 3.63) is 60.2 Å². The van der Waals surface area contributed by atoms with Gasteiger partial charge >= 0.3 is 0 Å². The summed E-state index contributed by atoms with van der Waals surface area (Å²) in [6, 6.07) is 11.6. The summed E-state index contributed by atoms with van der Waals surface area (Å²) in [5, 5.41) is 0. The summed E-state index contributed by atoms with van der Waals surface area (Å²) in [7, 11) is 0. The van der Waals surface area contributed by atoms with Gasteiger partial charge in [-0.05, 0) is 36.6 Å². The topological polar surface area (TPSA) is 79.5 Å². The maximum atomic E-state index is 13.0. The van der Waals surface area contributed by atoms with Crippen LogP contribution in [-0.2, 0) is 16.1 Å². The number of hydrogen-bond acceptors (Lipinski definition) is 5. The SMILES string of the molecule is O=C1CC(C(=O)N2CCC(c3nc4ccccc4o3)CC2)CN1Cc1cccnc1. The maximum Gasteiger partial charge on any atom is 0.227 e. The van der Waals surface area contributed by atoms with Crippen LogP contribution in [-0.4, -0.2) is 51.2 Å². The highest BCUT2D eigenvalue weighted by Crippen LogP contribution is 2.31. The lowest BCUT2D eigenvalue weighted by molar-refractivity contribution is -0.136. The van der Waals surface area contributed by atoms with Gasteiger partial charge in [-0.3, -0.25) is 14.6 Å². The fourth-order valence-corrected chi connectivity index (χ4v) is 4.47. The number of carbonyl (C=O) groups excluding carboxylic acids is 2. The summed E-state index contributed by atoms with van der Waals surface area (Å²) in [6.45, 7) is 2.35. The van der Waals surface area contributed by atoms with Crippen molar-refractivity contribution >= 4 is 22.9 Å². The van der Waals surface area contributed by atoms with Crippen molar-refractivity contribution in [1.82, 2.24) is 19.8 Å². The summed E-state index contributed by atoms with van der Waals surface area (Å²) in [5.74, 6) is 0.873. The second-order valence-electron chi connectivity index (χ2n) is 8.16. The molecule has 0 saturated carbocycles. The average molecular weight is 404 g/mol. The zero-order valence-corrected chi connectivity index (χ0v) is 16.7. The number of amides is 2. The Morgan fingerprint density at radius 2 is 1.97 bits per heavy atom. The first-order valence-corrected chi connectivity index (χ1v) is 10.5. The minimum atomic E-state index is -0.255. The molecule has 0 radical (unpaired) electrons. The molecule has 7 nitrogen and oxygen atoms in total. The number of carbonyl (C=O) groups is 2. The lowest BCUT2D eigenvalue weighted by Crippen LogP contribution is -2.42. The number of nitrogens with zero attached hydrogens (tertiary/aromatic N) is 4. The standard InChI is InChI=1S/C23H24N4O3/c28-21-12-18(15-27(21)14-16-4-3-9-24-13-16)23(29)26-10-7-17(8-11-26)22-25-19-5-1-2-6-20(19)30-22/h1-6,9,13,17-18H,7-8,10-12,14-15H2. The molecule has 0 spiro atoms. The first kappa shape index (κ1) is 18.8. The van der Waals surface area contributed by atoms with E-state index in [1.54, 1.807) is 17.3 Å². The summed E-state index contributed by atoms with van der Waals surface area (Å²) < 4.78 is 5.92. The summed E-state index contributed by atoms with van der Waals surface area (Å²) in [6.07, 6.45) is 5.44. The van der Waals surface area contributed by atoms with Crippen LogP contribution in [0.1, 0.15) is 36.6 Å². The van der Waals surface area contributed by atoms with Crippen molar-refractivity contribution < 1.29 is 14.0 Å². The monoisotopic (exact) mass is 404 g/mol. The van der Waals surface area contributed by atoms with Gasteiger partial charge in [0.05, 0.1) is 5.92 Å². The quantitative estimate of drug-likeness (QED) is 0.668. The van der Waals surface area contributed by atoms with E-state index in [4.69, 9.17) is 4.42 Å². The van der Waals surface area contributed by atoms with Crippen molar-refractivity contribution in [2.24, 2.45) is 5.92 Å². The molecule has 3 aromatic rings. The summed E-state index contributed by atoms with van der Waals surface area (Å²) in [5.41, 5.74) is 2.67. The highest BCUT2D eigenvalue weighted by Gasteiger charge is 2.38. The Morgan fingerprint density at radius 1 is 1.13 bits per heavy atom.